The summed E-state index contributed by atoms with van der Waals surface area (Å²) in [7, 11) is 0. The van der Waals surface area contributed by atoms with Crippen LogP contribution in [0.1, 0.15) is 56.1 Å². The van der Waals surface area contributed by atoms with Crippen LogP contribution in [0.2, 0.25) is 0 Å². The maximum Gasteiger partial charge on any atom is 0.226 e. The second kappa shape index (κ2) is 7.46. The van der Waals surface area contributed by atoms with Crippen LogP contribution >= 0.6 is 0 Å². The standard InChI is InChI=1S/C28H25FN4O/c1-16-21-10-12-24-26(28(21,2)14-23(30-3)25(16)34)32-27(33(24)20-6-4-5-19(29)13-20)18-9-11-22(31-15-18)17-7-8-17/h4-6,9,11,13-17,21H,7-8,10,12H2,1-2H3/t16-,21-,28-/m1/s1. The van der Waals surface area contributed by atoms with Crippen molar-refractivity contribution in [2.45, 2.75) is 50.9 Å². The van der Waals surface area contributed by atoms with Gasteiger partial charge < -0.3 is 4.79 Å². The predicted octanol–water partition coefficient (Wildman–Crippen LogP) is 5.79. The van der Waals surface area contributed by atoms with Crippen LogP contribution in [-0.2, 0) is 16.6 Å². The van der Waals surface area contributed by atoms with Gasteiger partial charge >= 0.3 is 0 Å². The highest BCUT2D eigenvalue weighted by atomic mass is 19.1. The third-order valence-corrected chi connectivity index (χ3v) is 7.88. The van der Waals surface area contributed by atoms with Gasteiger partial charge in [-0.25, -0.2) is 14.2 Å². The lowest BCUT2D eigenvalue weighted by atomic mass is 9.59. The monoisotopic (exact) mass is 452 g/mol. The molecular weight excluding hydrogens is 427 g/mol. The minimum absolute atomic E-state index is 0.0667. The number of halogens is 1. The molecule has 0 spiro atoms. The minimum atomic E-state index is -0.546. The molecule has 5 nitrogen and oxygen atoms in total. The van der Waals surface area contributed by atoms with Crippen molar-refractivity contribution >= 4 is 5.78 Å². The summed E-state index contributed by atoms with van der Waals surface area (Å²) in [5, 5.41) is 0. The summed E-state index contributed by atoms with van der Waals surface area (Å²) >= 11 is 0. The van der Waals surface area contributed by atoms with Crippen LogP contribution in [0.25, 0.3) is 21.9 Å². The Morgan fingerprint density at radius 1 is 1.21 bits per heavy atom. The maximum absolute atomic E-state index is 14.3. The molecule has 1 fully saturated rings. The summed E-state index contributed by atoms with van der Waals surface area (Å²) in [5.41, 5.74) is 4.21. The summed E-state index contributed by atoms with van der Waals surface area (Å²) in [6.45, 7) is 11.6. The summed E-state index contributed by atoms with van der Waals surface area (Å²) in [5.74, 6) is 0.718. The molecule has 1 aromatic carbocycles. The summed E-state index contributed by atoms with van der Waals surface area (Å²) < 4.78 is 16.3. The smallest absolute Gasteiger partial charge is 0.226 e. The van der Waals surface area contributed by atoms with Gasteiger partial charge in [0.05, 0.1) is 18.0 Å². The van der Waals surface area contributed by atoms with Crippen molar-refractivity contribution in [2.24, 2.45) is 11.8 Å². The second-order valence-electron chi connectivity index (χ2n) is 10.0. The number of Topliss-reactive ketones (excluding diaryl/α,β-unsaturated/α-hetero) is 1. The lowest BCUT2D eigenvalue weighted by molar-refractivity contribution is -0.121. The highest BCUT2D eigenvalue weighted by molar-refractivity contribution is 6.00. The number of aromatic nitrogens is 3. The molecule has 3 aromatic rings. The summed E-state index contributed by atoms with van der Waals surface area (Å²) in [4.78, 5) is 26.1. The van der Waals surface area contributed by atoms with Crippen LogP contribution in [-0.4, -0.2) is 20.3 Å². The van der Waals surface area contributed by atoms with Crippen LogP contribution in [0.3, 0.4) is 0 Å². The van der Waals surface area contributed by atoms with Crippen molar-refractivity contribution in [3.63, 3.8) is 0 Å². The zero-order chi connectivity index (χ0) is 23.6. The number of carbonyl (C=O) groups is 1. The van der Waals surface area contributed by atoms with Gasteiger partial charge in [0, 0.05) is 40.4 Å². The van der Waals surface area contributed by atoms with Crippen LogP contribution in [0, 0.1) is 24.2 Å². The Kier molecular flexibility index (Phi) is 4.60. The number of rotatable bonds is 3. The van der Waals surface area contributed by atoms with Gasteiger partial charge in [-0.1, -0.05) is 26.0 Å². The third-order valence-electron chi connectivity index (χ3n) is 7.88. The van der Waals surface area contributed by atoms with Gasteiger partial charge in [-0.05, 0) is 61.9 Å². The molecule has 0 bridgehead atoms. The highest BCUT2D eigenvalue weighted by Gasteiger charge is 2.50. The summed E-state index contributed by atoms with van der Waals surface area (Å²) in [6, 6.07) is 10.7. The molecule has 0 amide bonds. The highest BCUT2D eigenvalue weighted by Crippen LogP contribution is 2.51. The van der Waals surface area contributed by atoms with Crippen LogP contribution in [0.15, 0.2) is 54.4 Å². The molecule has 6 rings (SSSR count). The first-order valence-corrected chi connectivity index (χ1v) is 11.9. The summed E-state index contributed by atoms with van der Waals surface area (Å²) in [6.07, 6.45) is 7.59. The Hall–Kier alpha value is -3.59. The molecule has 3 aliphatic carbocycles. The Morgan fingerprint density at radius 3 is 2.71 bits per heavy atom. The van der Waals surface area contributed by atoms with E-state index in [0.717, 1.165) is 41.3 Å². The fourth-order valence-corrected chi connectivity index (χ4v) is 5.93. The van der Waals surface area contributed by atoms with Crippen LogP contribution < -0.4 is 0 Å². The van der Waals surface area contributed by atoms with E-state index in [-0.39, 0.29) is 29.1 Å². The Bertz CT molecular complexity index is 1390. The van der Waals surface area contributed by atoms with Gasteiger partial charge in [0.2, 0.25) is 5.70 Å². The van der Waals surface area contributed by atoms with E-state index >= 15 is 0 Å². The first-order valence-electron chi connectivity index (χ1n) is 11.9. The largest absolute Gasteiger partial charge is 0.308 e. The van der Waals surface area contributed by atoms with Crippen molar-refractivity contribution in [2.75, 3.05) is 0 Å². The zero-order valence-electron chi connectivity index (χ0n) is 19.3. The number of allylic oxidation sites excluding steroid dienone is 2. The second-order valence-corrected chi connectivity index (χ2v) is 10.0. The fourth-order valence-electron chi connectivity index (χ4n) is 5.93. The van der Waals surface area contributed by atoms with Gasteiger partial charge in [0.15, 0.2) is 5.78 Å². The quantitative estimate of drug-likeness (QED) is 0.473. The normalized spacial score (nSPS) is 25.8. The van der Waals surface area contributed by atoms with E-state index in [0.29, 0.717) is 11.6 Å². The number of fused-ring (bicyclic) bond motifs is 3. The zero-order valence-corrected chi connectivity index (χ0v) is 19.3. The number of imidazole rings is 1. The molecule has 2 aromatic heterocycles. The maximum atomic E-state index is 14.3. The lowest BCUT2D eigenvalue weighted by Gasteiger charge is -2.44. The molecular formula is C28H25FN4O. The molecule has 0 aliphatic heterocycles. The number of carbonyl (C=O) groups excluding carboxylic acids is 1. The van der Waals surface area contributed by atoms with E-state index in [9.17, 15) is 9.18 Å². The number of ketones is 1. The average Bonchev–Trinajstić information content (AvgIpc) is 3.61. The third kappa shape index (κ3) is 3.07. The molecule has 3 aliphatic rings. The molecule has 2 heterocycles. The molecule has 6 heteroatoms. The predicted molar refractivity (Wildman–Crippen MR) is 127 cm³/mol. The Morgan fingerprint density at radius 2 is 2.03 bits per heavy atom. The van der Waals surface area contributed by atoms with E-state index in [2.05, 4.69) is 23.9 Å². The van der Waals surface area contributed by atoms with Crippen LogP contribution in [0.4, 0.5) is 4.39 Å². The average molecular weight is 453 g/mol. The number of benzene rings is 1. The lowest BCUT2D eigenvalue weighted by Crippen LogP contribution is -2.45. The Balaban J connectivity index is 1.58. The topological polar surface area (TPSA) is 52.1 Å². The molecule has 170 valence electrons. The van der Waals surface area contributed by atoms with E-state index < -0.39 is 5.41 Å². The molecule has 3 atom stereocenters. The fraction of sp³-hybridized carbons (Fsp3) is 0.357. The van der Waals surface area contributed by atoms with E-state index in [1.54, 1.807) is 6.07 Å². The molecule has 0 saturated heterocycles. The molecule has 34 heavy (non-hydrogen) atoms. The molecule has 0 N–H and O–H groups in total. The van der Waals surface area contributed by atoms with E-state index in [1.807, 2.05) is 29.8 Å². The first kappa shape index (κ1) is 21.0. The minimum Gasteiger partial charge on any atom is -0.308 e. The van der Waals surface area contributed by atoms with Gasteiger partial charge in [-0.2, -0.15) is 0 Å². The van der Waals surface area contributed by atoms with E-state index in [4.69, 9.17) is 16.5 Å². The number of hydrogen-bond donors (Lipinski definition) is 0. The van der Waals surface area contributed by atoms with Gasteiger partial charge in [0.25, 0.3) is 0 Å². The number of nitrogens with zero attached hydrogens (tertiary/aromatic N) is 4. The Labute approximate surface area is 198 Å². The van der Waals surface area contributed by atoms with Crippen molar-refractivity contribution in [1.29, 1.82) is 0 Å². The first-order chi connectivity index (χ1) is 16.4. The van der Waals surface area contributed by atoms with Gasteiger partial charge in [-0.15, -0.1) is 0 Å². The molecule has 0 unspecified atom stereocenters. The number of hydrogen-bond acceptors (Lipinski definition) is 3. The van der Waals surface area contributed by atoms with Crippen molar-refractivity contribution in [1.82, 2.24) is 14.5 Å². The molecule has 0 radical (unpaired) electrons. The van der Waals surface area contributed by atoms with Crippen molar-refractivity contribution in [3.8, 4) is 17.1 Å². The van der Waals surface area contributed by atoms with Crippen LogP contribution in [0.5, 0.6) is 0 Å². The van der Waals surface area contributed by atoms with Gasteiger partial charge in [0.1, 0.15) is 11.6 Å². The van der Waals surface area contributed by atoms with E-state index in [1.165, 1.54) is 25.0 Å². The van der Waals surface area contributed by atoms with Gasteiger partial charge in [-0.3, -0.25) is 9.55 Å². The molecule has 1 saturated carbocycles. The van der Waals surface area contributed by atoms with Crippen molar-refractivity contribution < 1.29 is 9.18 Å². The SMILES string of the molecule is [C-]#[N+]C1=C[C@@]2(C)c3nc(-c4ccc(C5CC5)nc4)n(-c4cccc(F)c4)c3CC[C@@H]2[C@@H](C)C1=O. The van der Waals surface area contributed by atoms with Crippen molar-refractivity contribution in [3.05, 3.63) is 88.7 Å². The number of pyridine rings is 1.